The van der Waals surface area contributed by atoms with E-state index in [1.54, 1.807) is 19.1 Å². The number of carbonyl (C=O) groups excluding carboxylic acids is 2. The van der Waals surface area contributed by atoms with Crippen LogP contribution < -0.4 is 4.90 Å². The average Bonchev–Trinajstić information content (AvgIpc) is 3.44. The molecule has 5 rings (SSSR count). The van der Waals surface area contributed by atoms with Crippen molar-refractivity contribution in [3.8, 4) is 0 Å². The molecular weight excluding hydrogens is 412 g/mol. The molecule has 2 aromatic carbocycles. The van der Waals surface area contributed by atoms with Gasteiger partial charge in [-0.1, -0.05) is 47.7 Å². The number of hydrogen-bond donors (Lipinski definition) is 1. The van der Waals surface area contributed by atoms with Crippen LogP contribution in [0.25, 0.3) is 10.2 Å². The zero-order valence-electron chi connectivity index (χ0n) is 16.8. The van der Waals surface area contributed by atoms with Gasteiger partial charge in [0.25, 0.3) is 5.91 Å². The number of aliphatic hydroxyl groups is 1. The average molecular weight is 430 g/mol. The molecule has 0 fully saturated rings. The van der Waals surface area contributed by atoms with Crippen molar-refractivity contribution in [3.05, 3.63) is 94.6 Å². The second kappa shape index (κ2) is 7.21. The molecule has 0 radical (unpaired) electrons. The number of aryl methyl sites for hydroxylation is 2. The standard InChI is InChI=1S/C24H18N2O4S/c1-13-8-10-16-18(12-13)31-24(25-16)26-20(15-6-4-3-5-7-15)19(22(28)23(26)29)21(27)17-11-9-14(2)30-17/h3-12,20,28H,1-2H3. The quantitative estimate of drug-likeness (QED) is 0.445. The van der Waals surface area contributed by atoms with Crippen molar-refractivity contribution < 1.29 is 19.1 Å². The largest absolute Gasteiger partial charge is 0.503 e. The van der Waals surface area contributed by atoms with Gasteiger partial charge in [-0.15, -0.1) is 0 Å². The van der Waals surface area contributed by atoms with Gasteiger partial charge in [-0.2, -0.15) is 0 Å². The third-order valence-corrected chi connectivity index (χ3v) is 6.29. The lowest BCUT2D eigenvalue weighted by atomic mass is 9.95. The number of furan rings is 1. The normalized spacial score (nSPS) is 16.5. The Morgan fingerprint density at radius 3 is 2.58 bits per heavy atom. The predicted molar refractivity (Wildman–Crippen MR) is 118 cm³/mol. The molecule has 0 spiro atoms. The van der Waals surface area contributed by atoms with Crippen LogP contribution in [0.1, 0.15) is 33.5 Å². The van der Waals surface area contributed by atoms with Gasteiger partial charge in [0.15, 0.2) is 16.7 Å². The van der Waals surface area contributed by atoms with E-state index >= 15 is 0 Å². The van der Waals surface area contributed by atoms with Gasteiger partial charge >= 0.3 is 0 Å². The number of Topliss-reactive ketones (excluding diaryl/α,β-unsaturated/α-hetero) is 1. The lowest BCUT2D eigenvalue weighted by molar-refractivity contribution is -0.117. The summed E-state index contributed by atoms with van der Waals surface area (Å²) in [6.45, 7) is 3.72. The summed E-state index contributed by atoms with van der Waals surface area (Å²) in [6, 6.07) is 17.4. The Hall–Kier alpha value is -3.71. The second-order valence-electron chi connectivity index (χ2n) is 7.46. The minimum Gasteiger partial charge on any atom is -0.503 e. The first-order valence-electron chi connectivity index (χ1n) is 9.74. The maximum atomic E-state index is 13.3. The molecular formula is C24H18N2O4S. The van der Waals surface area contributed by atoms with Crippen LogP contribution in [0.5, 0.6) is 0 Å². The Morgan fingerprint density at radius 2 is 1.87 bits per heavy atom. The molecule has 1 aliphatic rings. The molecule has 154 valence electrons. The first kappa shape index (κ1) is 19.3. The third kappa shape index (κ3) is 3.14. The molecule has 7 heteroatoms. The van der Waals surface area contributed by atoms with E-state index in [-0.39, 0.29) is 11.3 Å². The van der Waals surface area contributed by atoms with E-state index in [9.17, 15) is 14.7 Å². The van der Waals surface area contributed by atoms with E-state index in [4.69, 9.17) is 4.42 Å². The maximum Gasteiger partial charge on any atom is 0.296 e. The van der Waals surface area contributed by atoms with Crippen LogP contribution in [0, 0.1) is 13.8 Å². The summed E-state index contributed by atoms with van der Waals surface area (Å²) in [6.07, 6.45) is 0. The summed E-state index contributed by atoms with van der Waals surface area (Å²) in [5.41, 5.74) is 2.52. The Balaban J connectivity index is 1.67. The molecule has 0 aliphatic carbocycles. The van der Waals surface area contributed by atoms with Crippen molar-refractivity contribution in [3.63, 3.8) is 0 Å². The summed E-state index contributed by atoms with van der Waals surface area (Å²) in [5, 5.41) is 11.2. The van der Waals surface area contributed by atoms with Crippen molar-refractivity contribution in [1.82, 2.24) is 4.98 Å². The van der Waals surface area contributed by atoms with Crippen LogP contribution in [0.3, 0.4) is 0 Å². The van der Waals surface area contributed by atoms with Crippen molar-refractivity contribution in [1.29, 1.82) is 0 Å². The van der Waals surface area contributed by atoms with Gasteiger partial charge < -0.3 is 9.52 Å². The second-order valence-corrected chi connectivity index (χ2v) is 8.47. The van der Waals surface area contributed by atoms with Crippen molar-refractivity contribution in [2.75, 3.05) is 4.90 Å². The minimum atomic E-state index is -0.812. The van der Waals surface area contributed by atoms with Crippen LogP contribution in [-0.2, 0) is 4.79 Å². The Morgan fingerprint density at radius 1 is 1.10 bits per heavy atom. The number of amides is 1. The number of nitrogens with zero attached hydrogens (tertiary/aromatic N) is 2. The number of carbonyl (C=O) groups is 2. The summed E-state index contributed by atoms with van der Waals surface area (Å²) in [7, 11) is 0. The molecule has 31 heavy (non-hydrogen) atoms. The smallest absolute Gasteiger partial charge is 0.296 e. The van der Waals surface area contributed by atoms with E-state index in [1.807, 2.05) is 55.5 Å². The van der Waals surface area contributed by atoms with Crippen molar-refractivity contribution in [2.45, 2.75) is 19.9 Å². The molecule has 3 heterocycles. The molecule has 1 unspecified atom stereocenters. The van der Waals surface area contributed by atoms with Crippen LogP contribution >= 0.6 is 11.3 Å². The molecule has 0 saturated carbocycles. The van der Waals surface area contributed by atoms with Gasteiger partial charge in [0.1, 0.15) is 5.76 Å². The van der Waals surface area contributed by atoms with E-state index < -0.39 is 23.5 Å². The first-order valence-corrected chi connectivity index (χ1v) is 10.6. The molecule has 2 aromatic heterocycles. The number of anilines is 1. The van der Waals surface area contributed by atoms with Crippen molar-refractivity contribution in [2.24, 2.45) is 0 Å². The number of fused-ring (bicyclic) bond motifs is 1. The predicted octanol–water partition coefficient (Wildman–Crippen LogP) is 5.29. The van der Waals surface area contributed by atoms with Crippen LogP contribution in [-0.4, -0.2) is 21.8 Å². The van der Waals surface area contributed by atoms with Crippen LogP contribution in [0.2, 0.25) is 0 Å². The number of aliphatic hydroxyl groups excluding tert-OH is 1. The number of ketones is 1. The van der Waals surface area contributed by atoms with Gasteiger partial charge in [0.2, 0.25) is 5.78 Å². The SMILES string of the molecule is Cc1ccc2nc(N3C(=O)C(O)=C(C(=O)c4ccc(C)o4)C3c3ccccc3)sc2c1. The number of hydrogen-bond acceptors (Lipinski definition) is 6. The van der Waals surface area contributed by atoms with E-state index in [1.165, 1.54) is 16.2 Å². The first-order chi connectivity index (χ1) is 14.9. The number of benzene rings is 2. The molecule has 1 atom stereocenters. The maximum absolute atomic E-state index is 13.3. The molecule has 4 aromatic rings. The van der Waals surface area contributed by atoms with E-state index in [2.05, 4.69) is 4.98 Å². The topological polar surface area (TPSA) is 83.6 Å². The van der Waals surface area contributed by atoms with Gasteiger partial charge in [-0.3, -0.25) is 14.5 Å². The molecule has 0 bridgehead atoms. The fraction of sp³-hybridized carbons (Fsp3) is 0.125. The molecule has 1 amide bonds. The van der Waals surface area contributed by atoms with Crippen molar-refractivity contribution >= 4 is 38.4 Å². The van der Waals surface area contributed by atoms with Crippen LogP contribution in [0.4, 0.5) is 5.13 Å². The minimum absolute atomic E-state index is 0.0130. The van der Waals surface area contributed by atoms with Gasteiger partial charge in [-0.25, -0.2) is 4.98 Å². The molecule has 6 nitrogen and oxygen atoms in total. The zero-order chi connectivity index (χ0) is 21.7. The fourth-order valence-electron chi connectivity index (χ4n) is 3.80. The van der Waals surface area contributed by atoms with Gasteiger partial charge in [0.05, 0.1) is 21.8 Å². The summed E-state index contributed by atoms with van der Waals surface area (Å²) >= 11 is 1.35. The van der Waals surface area contributed by atoms with Crippen LogP contribution in [0.15, 0.2) is 76.4 Å². The highest BCUT2D eigenvalue weighted by Gasteiger charge is 2.46. The van der Waals surface area contributed by atoms with E-state index in [0.717, 1.165) is 15.8 Å². The number of rotatable bonds is 4. The molecule has 0 saturated heterocycles. The Bertz CT molecular complexity index is 1370. The monoisotopic (exact) mass is 430 g/mol. The number of thiazole rings is 1. The summed E-state index contributed by atoms with van der Waals surface area (Å²) < 4.78 is 6.42. The lowest BCUT2D eigenvalue weighted by Gasteiger charge is -2.24. The summed E-state index contributed by atoms with van der Waals surface area (Å²) in [5.74, 6) is -1.11. The number of aromatic nitrogens is 1. The van der Waals surface area contributed by atoms with Gasteiger partial charge in [0, 0.05) is 0 Å². The fourth-order valence-corrected chi connectivity index (χ4v) is 4.89. The third-order valence-electron chi connectivity index (χ3n) is 5.27. The Kier molecular flexibility index (Phi) is 4.48. The van der Waals surface area contributed by atoms with Gasteiger partial charge in [-0.05, 0) is 49.2 Å². The summed E-state index contributed by atoms with van der Waals surface area (Å²) in [4.78, 5) is 32.5. The Labute approximate surface area is 182 Å². The highest BCUT2D eigenvalue weighted by Crippen LogP contribution is 2.44. The molecule has 1 N–H and O–H groups in total. The van der Waals surface area contributed by atoms with E-state index in [0.29, 0.717) is 16.5 Å². The highest BCUT2D eigenvalue weighted by atomic mass is 32.1. The highest BCUT2D eigenvalue weighted by molar-refractivity contribution is 7.22. The molecule has 1 aliphatic heterocycles. The lowest BCUT2D eigenvalue weighted by Crippen LogP contribution is -2.30. The zero-order valence-corrected chi connectivity index (χ0v) is 17.6.